The number of rotatable bonds is 7. The van der Waals surface area contributed by atoms with Crippen molar-refractivity contribution in [1.29, 1.82) is 0 Å². The predicted octanol–water partition coefficient (Wildman–Crippen LogP) is 5.40. The first-order chi connectivity index (χ1) is 11.8. The Bertz CT molecular complexity index is 760. The Balaban J connectivity index is 2.93. The fourth-order valence-electron chi connectivity index (χ4n) is 2.12. The summed E-state index contributed by atoms with van der Waals surface area (Å²) >= 11 is 0. The van der Waals surface area contributed by atoms with Gasteiger partial charge in [-0.25, -0.2) is 4.39 Å². The highest BCUT2D eigenvalue weighted by atomic mass is 19.1. The van der Waals surface area contributed by atoms with E-state index in [1.807, 2.05) is 38.2 Å². The van der Waals surface area contributed by atoms with Crippen molar-refractivity contribution in [2.24, 2.45) is 10.2 Å². The molecule has 0 aromatic heterocycles. The van der Waals surface area contributed by atoms with Crippen LogP contribution in [0.5, 0.6) is 0 Å². The van der Waals surface area contributed by atoms with E-state index in [0.717, 1.165) is 11.1 Å². The first-order valence-corrected chi connectivity index (χ1v) is 8.12. The van der Waals surface area contributed by atoms with Gasteiger partial charge < -0.3 is 0 Å². The zero-order valence-electron chi connectivity index (χ0n) is 15.6. The maximum Gasteiger partial charge on any atom is 0.159 e. The van der Waals surface area contributed by atoms with E-state index in [1.54, 1.807) is 19.9 Å². The minimum atomic E-state index is -0.390. The highest BCUT2D eigenvalue weighted by Gasteiger charge is 2.11. The van der Waals surface area contributed by atoms with Crippen molar-refractivity contribution in [2.75, 3.05) is 0 Å². The lowest BCUT2D eigenvalue weighted by Gasteiger charge is -2.09. The smallest absolute Gasteiger partial charge is 0.159 e. The van der Waals surface area contributed by atoms with Crippen LogP contribution in [-0.4, -0.2) is 17.2 Å². The fourth-order valence-corrected chi connectivity index (χ4v) is 2.12. The number of allylic oxidation sites excluding steroid dienone is 5. The quantitative estimate of drug-likeness (QED) is 0.283. The summed E-state index contributed by atoms with van der Waals surface area (Å²) in [6.07, 6.45) is 7.91. The van der Waals surface area contributed by atoms with Crippen LogP contribution in [0.2, 0.25) is 0 Å². The van der Waals surface area contributed by atoms with E-state index in [0.29, 0.717) is 29.0 Å². The molecule has 0 heterocycles. The molecule has 0 aliphatic rings. The van der Waals surface area contributed by atoms with Gasteiger partial charge >= 0.3 is 0 Å². The number of ketones is 1. The molecule has 0 bridgehead atoms. The fraction of sp³-hybridized carbons (Fsp3) is 0.286. The molecule has 4 heteroatoms. The molecule has 0 saturated carbocycles. The van der Waals surface area contributed by atoms with Crippen molar-refractivity contribution in [3.05, 3.63) is 71.1 Å². The Morgan fingerprint density at radius 3 is 2.44 bits per heavy atom. The Morgan fingerprint density at radius 2 is 1.88 bits per heavy atom. The number of hydrogen-bond donors (Lipinski definition) is 0. The zero-order chi connectivity index (χ0) is 19.0. The number of nitrogens with zero attached hydrogens (tertiary/aromatic N) is 2. The van der Waals surface area contributed by atoms with Gasteiger partial charge in [0.15, 0.2) is 5.78 Å². The minimum absolute atomic E-state index is 0.149. The number of hydrogen-bond acceptors (Lipinski definition) is 3. The van der Waals surface area contributed by atoms with Gasteiger partial charge in [0, 0.05) is 17.7 Å². The molecule has 1 rings (SSSR count). The molecule has 0 unspecified atom stereocenters. The number of carbonyl (C=O) groups is 1. The molecule has 3 nitrogen and oxygen atoms in total. The Kier molecular flexibility index (Phi) is 7.86. The monoisotopic (exact) mass is 340 g/mol. The number of aryl methyl sites for hydroxylation is 1. The third-order valence-corrected chi connectivity index (χ3v) is 3.69. The molecule has 0 aliphatic heterocycles. The molecule has 0 atom stereocenters. The predicted molar refractivity (Wildman–Crippen MR) is 104 cm³/mol. The molecule has 1 aromatic carbocycles. The van der Waals surface area contributed by atoms with Gasteiger partial charge in [-0.15, -0.1) is 0 Å². The molecular formula is C21H25FN2O. The van der Waals surface area contributed by atoms with Gasteiger partial charge in [0.2, 0.25) is 0 Å². The van der Waals surface area contributed by atoms with Crippen LogP contribution in [0, 0.1) is 12.7 Å². The Labute approximate surface area is 149 Å². The first-order valence-electron chi connectivity index (χ1n) is 8.12. The normalized spacial score (nSPS) is 13.0. The topological polar surface area (TPSA) is 41.8 Å². The summed E-state index contributed by atoms with van der Waals surface area (Å²) in [4.78, 5) is 11.4. The van der Waals surface area contributed by atoms with Crippen LogP contribution in [0.1, 0.15) is 49.2 Å². The molecule has 132 valence electrons. The van der Waals surface area contributed by atoms with E-state index < -0.39 is 0 Å². The third-order valence-electron chi connectivity index (χ3n) is 3.69. The van der Waals surface area contributed by atoms with E-state index in [1.165, 1.54) is 13.0 Å². The lowest BCUT2D eigenvalue weighted by atomic mass is 9.98. The van der Waals surface area contributed by atoms with Crippen molar-refractivity contribution in [3.8, 4) is 0 Å². The summed E-state index contributed by atoms with van der Waals surface area (Å²) in [6, 6.07) is 2.98. The van der Waals surface area contributed by atoms with E-state index in [2.05, 4.69) is 16.8 Å². The second kappa shape index (κ2) is 9.62. The minimum Gasteiger partial charge on any atom is -0.295 e. The van der Waals surface area contributed by atoms with Crippen molar-refractivity contribution >= 4 is 17.2 Å². The van der Waals surface area contributed by atoms with Crippen LogP contribution < -0.4 is 0 Å². The van der Waals surface area contributed by atoms with Crippen LogP contribution in [0.3, 0.4) is 0 Å². The summed E-state index contributed by atoms with van der Waals surface area (Å²) in [5, 5.41) is 8.32. The summed E-state index contributed by atoms with van der Waals surface area (Å²) < 4.78 is 14.3. The number of carbonyl (C=O) groups excluding carboxylic acids is 1. The van der Waals surface area contributed by atoms with Crippen LogP contribution in [0.4, 0.5) is 4.39 Å². The average molecular weight is 340 g/mol. The van der Waals surface area contributed by atoms with E-state index in [-0.39, 0.29) is 11.6 Å². The molecule has 0 fully saturated rings. The number of benzene rings is 1. The second-order valence-electron chi connectivity index (χ2n) is 5.92. The maximum absolute atomic E-state index is 14.3. The summed E-state index contributed by atoms with van der Waals surface area (Å²) in [5.41, 5.74) is 3.80. The Morgan fingerprint density at radius 1 is 1.20 bits per heavy atom. The molecule has 25 heavy (non-hydrogen) atoms. The molecule has 0 radical (unpaired) electrons. The molecule has 0 saturated heterocycles. The zero-order valence-corrected chi connectivity index (χ0v) is 15.6. The van der Waals surface area contributed by atoms with Gasteiger partial charge in [-0.05, 0) is 63.5 Å². The van der Waals surface area contributed by atoms with Gasteiger partial charge in [0.1, 0.15) is 5.82 Å². The summed E-state index contributed by atoms with van der Waals surface area (Å²) in [7, 11) is 0. The van der Waals surface area contributed by atoms with Gasteiger partial charge in [-0.3, -0.25) is 4.79 Å². The van der Waals surface area contributed by atoms with Gasteiger partial charge in [0.25, 0.3) is 0 Å². The number of halogens is 1. The van der Waals surface area contributed by atoms with Crippen LogP contribution >= 0.6 is 0 Å². The largest absolute Gasteiger partial charge is 0.295 e. The molecule has 0 spiro atoms. The molecule has 0 aliphatic carbocycles. The molecular weight excluding hydrogens is 315 g/mol. The molecule has 0 N–H and O–H groups in total. The van der Waals surface area contributed by atoms with Crippen LogP contribution in [-0.2, 0) is 6.42 Å². The van der Waals surface area contributed by atoms with Crippen molar-refractivity contribution in [2.45, 2.75) is 41.0 Å². The van der Waals surface area contributed by atoms with E-state index >= 15 is 0 Å². The lowest BCUT2D eigenvalue weighted by molar-refractivity contribution is 0.101. The highest BCUT2D eigenvalue weighted by molar-refractivity contribution is 6.00. The number of Topliss-reactive ketones (excluding diaryl/α,β-unsaturated/α-hetero) is 1. The highest BCUT2D eigenvalue weighted by Crippen LogP contribution is 2.18. The second-order valence-corrected chi connectivity index (χ2v) is 5.92. The Hall–Kier alpha value is -2.62. The molecule has 0 amide bonds. The van der Waals surface area contributed by atoms with Crippen molar-refractivity contribution < 1.29 is 9.18 Å². The average Bonchev–Trinajstić information content (AvgIpc) is 2.55. The van der Waals surface area contributed by atoms with Gasteiger partial charge in [0.05, 0.1) is 5.71 Å². The van der Waals surface area contributed by atoms with Gasteiger partial charge in [-0.1, -0.05) is 30.9 Å². The van der Waals surface area contributed by atoms with E-state index in [4.69, 9.17) is 0 Å². The molecule has 1 aromatic rings. The third kappa shape index (κ3) is 6.42. The van der Waals surface area contributed by atoms with Crippen LogP contribution in [0.25, 0.3) is 0 Å². The van der Waals surface area contributed by atoms with Crippen molar-refractivity contribution in [1.82, 2.24) is 0 Å². The maximum atomic E-state index is 14.3. The van der Waals surface area contributed by atoms with Crippen molar-refractivity contribution in [3.63, 3.8) is 0 Å². The van der Waals surface area contributed by atoms with Gasteiger partial charge in [-0.2, -0.15) is 10.2 Å². The van der Waals surface area contributed by atoms with Crippen LogP contribution in [0.15, 0.2) is 58.8 Å². The van der Waals surface area contributed by atoms with E-state index in [9.17, 15) is 9.18 Å². The first kappa shape index (κ1) is 20.4. The SMILES string of the molecule is C=C(/C=C\C=C/C)/C(C)=N/N=C(\C)Cc1c(C)cc(C(C)=O)cc1F. The summed E-state index contributed by atoms with van der Waals surface area (Å²) in [6.45, 7) is 12.7. The standard InChI is InChI=1S/C21H25FN2O/c1-7-8-9-10-14(2)17(5)24-23-16(4)12-20-15(3)11-19(18(6)25)13-21(20)22/h7-11,13H,2,12H2,1,3-6H3/b8-7-,10-9-,23-16+,24-17+. The summed E-state index contributed by atoms with van der Waals surface area (Å²) in [5.74, 6) is -0.539. The lowest BCUT2D eigenvalue weighted by Crippen LogP contribution is -2.05.